The minimum Gasteiger partial charge on any atom is -0.503 e. The molecule has 104 valence electrons. The molecule has 21 heavy (non-hydrogen) atoms. The minimum absolute atomic E-state index is 0.146. The van der Waals surface area contributed by atoms with E-state index in [1.165, 1.54) is 30.5 Å². The van der Waals surface area contributed by atoms with Crippen molar-refractivity contribution in [2.75, 3.05) is 0 Å². The van der Waals surface area contributed by atoms with Gasteiger partial charge in [0.1, 0.15) is 5.65 Å². The highest BCUT2D eigenvalue weighted by atomic mass is 16.6. The molecule has 7 heteroatoms. The minimum atomic E-state index is -0.679. The number of nitro benzene ring substituents is 1. The zero-order valence-electron chi connectivity index (χ0n) is 10.6. The molecule has 0 bridgehead atoms. The number of benzene rings is 1. The molecule has 2 aromatic heterocycles. The molecule has 0 aliphatic rings. The van der Waals surface area contributed by atoms with Crippen LogP contribution in [0.15, 0.2) is 53.5 Å². The van der Waals surface area contributed by atoms with E-state index in [1.54, 1.807) is 18.2 Å². The molecule has 7 nitrogen and oxygen atoms in total. The molecular formula is C14H9N3O4. The molecule has 1 aromatic carbocycles. The Balaban J connectivity index is 2.39. The van der Waals surface area contributed by atoms with Gasteiger partial charge >= 0.3 is 0 Å². The summed E-state index contributed by atoms with van der Waals surface area (Å²) in [5.74, 6) is -0.443. The average Bonchev–Trinajstić information content (AvgIpc) is 2.48. The normalized spacial score (nSPS) is 10.7. The Bertz CT molecular complexity index is 917. The fourth-order valence-corrected chi connectivity index (χ4v) is 2.11. The van der Waals surface area contributed by atoms with E-state index < -0.39 is 16.2 Å². The van der Waals surface area contributed by atoms with Gasteiger partial charge in [-0.05, 0) is 24.3 Å². The van der Waals surface area contributed by atoms with Crippen molar-refractivity contribution in [3.8, 4) is 11.4 Å². The van der Waals surface area contributed by atoms with Crippen molar-refractivity contribution in [2.24, 2.45) is 0 Å². The molecule has 1 N–H and O–H groups in total. The number of aromatic hydroxyl groups is 1. The Morgan fingerprint density at radius 1 is 1.19 bits per heavy atom. The largest absolute Gasteiger partial charge is 0.503 e. The Morgan fingerprint density at radius 2 is 2.00 bits per heavy atom. The van der Waals surface area contributed by atoms with Crippen LogP contribution in [0, 0.1) is 10.1 Å². The highest BCUT2D eigenvalue weighted by Gasteiger charge is 2.13. The van der Waals surface area contributed by atoms with E-state index in [2.05, 4.69) is 4.98 Å². The van der Waals surface area contributed by atoms with Crippen LogP contribution in [0.25, 0.3) is 16.7 Å². The topological polar surface area (TPSA) is 98.3 Å². The number of rotatable bonds is 2. The van der Waals surface area contributed by atoms with Crippen molar-refractivity contribution in [3.63, 3.8) is 0 Å². The molecule has 3 rings (SSSR count). The monoisotopic (exact) mass is 283 g/mol. The number of hydrogen-bond acceptors (Lipinski definition) is 5. The van der Waals surface area contributed by atoms with Crippen LogP contribution in [-0.4, -0.2) is 19.6 Å². The van der Waals surface area contributed by atoms with Crippen LogP contribution in [0.2, 0.25) is 0 Å². The summed E-state index contributed by atoms with van der Waals surface area (Å²) < 4.78 is 1.15. The van der Waals surface area contributed by atoms with Gasteiger partial charge in [-0.3, -0.25) is 19.5 Å². The Hall–Kier alpha value is -3.22. The first-order chi connectivity index (χ1) is 10.1. The van der Waals surface area contributed by atoms with E-state index in [0.717, 1.165) is 4.57 Å². The van der Waals surface area contributed by atoms with Gasteiger partial charge in [0, 0.05) is 23.7 Å². The first-order valence-electron chi connectivity index (χ1n) is 6.02. The summed E-state index contributed by atoms with van der Waals surface area (Å²) in [5.41, 5.74) is -0.233. The summed E-state index contributed by atoms with van der Waals surface area (Å²) in [4.78, 5) is 26.6. The van der Waals surface area contributed by atoms with Gasteiger partial charge in [-0.2, -0.15) is 0 Å². The lowest BCUT2D eigenvalue weighted by atomic mass is 10.2. The standard InChI is InChI=1S/C14H9N3O4/c18-12-7-9-3-2-6-15-13(9)16(14(12)19)10-4-1-5-11(8-10)17(20)21/h1-8,18H. The van der Waals surface area contributed by atoms with Gasteiger partial charge in [0.15, 0.2) is 5.75 Å². The molecule has 0 atom stereocenters. The summed E-state index contributed by atoms with van der Waals surface area (Å²) >= 11 is 0. The lowest BCUT2D eigenvalue weighted by molar-refractivity contribution is -0.384. The molecule has 0 saturated carbocycles. The molecule has 0 fully saturated rings. The fraction of sp³-hybridized carbons (Fsp3) is 0. The second kappa shape index (κ2) is 4.71. The second-order valence-electron chi connectivity index (χ2n) is 4.36. The van der Waals surface area contributed by atoms with Crippen LogP contribution in [0.1, 0.15) is 0 Å². The molecule has 2 heterocycles. The van der Waals surface area contributed by atoms with Gasteiger partial charge in [0.2, 0.25) is 0 Å². The van der Waals surface area contributed by atoms with Crippen molar-refractivity contribution in [1.29, 1.82) is 0 Å². The number of nitrogens with zero attached hydrogens (tertiary/aromatic N) is 3. The third-order valence-electron chi connectivity index (χ3n) is 3.04. The molecule has 0 aliphatic heterocycles. The number of non-ortho nitro benzene ring substituents is 1. The lowest BCUT2D eigenvalue weighted by Gasteiger charge is -2.09. The van der Waals surface area contributed by atoms with Gasteiger partial charge in [0.05, 0.1) is 10.6 Å². The van der Waals surface area contributed by atoms with Crippen LogP contribution in [-0.2, 0) is 0 Å². The number of aromatic nitrogens is 2. The van der Waals surface area contributed by atoms with Crippen LogP contribution in [0.5, 0.6) is 5.75 Å². The van der Waals surface area contributed by atoms with Crippen molar-refractivity contribution in [1.82, 2.24) is 9.55 Å². The molecule has 0 aliphatic carbocycles. The quantitative estimate of drug-likeness (QED) is 0.573. The van der Waals surface area contributed by atoms with Gasteiger partial charge < -0.3 is 5.11 Å². The smallest absolute Gasteiger partial charge is 0.298 e. The van der Waals surface area contributed by atoms with Crippen LogP contribution >= 0.6 is 0 Å². The van der Waals surface area contributed by atoms with Crippen molar-refractivity contribution < 1.29 is 10.0 Å². The van der Waals surface area contributed by atoms with Crippen molar-refractivity contribution in [3.05, 3.63) is 69.1 Å². The van der Waals surface area contributed by atoms with E-state index >= 15 is 0 Å². The fourth-order valence-electron chi connectivity index (χ4n) is 2.11. The Morgan fingerprint density at radius 3 is 2.76 bits per heavy atom. The maximum atomic E-state index is 12.2. The third-order valence-corrected chi connectivity index (χ3v) is 3.04. The van der Waals surface area contributed by atoms with Gasteiger partial charge in [-0.1, -0.05) is 6.07 Å². The van der Waals surface area contributed by atoms with Gasteiger partial charge in [-0.25, -0.2) is 4.98 Å². The average molecular weight is 283 g/mol. The third kappa shape index (κ3) is 2.10. The van der Waals surface area contributed by atoms with E-state index in [-0.39, 0.29) is 11.4 Å². The maximum Gasteiger partial charge on any atom is 0.298 e. The van der Waals surface area contributed by atoms with Gasteiger partial charge in [0.25, 0.3) is 11.2 Å². The maximum absolute atomic E-state index is 12.2. The van der Waals surface area contributed by atoms with Crippen molar-refractivity contribution in [2.45, 2.75) is 0 Å². The number of nitro groups is 1. The SMILES string of the molecule is O=c1c(O)cc2cccnc2n1-c1cccc([N+](=O)[O-])c1. The molecule has 0 unspecified atom stereocenters. The lowest BCUT2D eigenvalue weighted by Crippen LogP contribution is -2.19. The summed E-state index contributed by atoms with van der Waals surface area (Å²) in [5, 5.41) is 21.2. The molecule has 3 aromatic rings. The van der Waals surface area contributed by atoms with E-state index in [9.17, 15) is 20.0 Å². The Labute approximate surface area is 117 Å². The Kier molecular flexibility index (Phi) is 2.87. The predicted molar refractivity (Wildman–Crippen MR) is 75.7 cm³/mol. The summed E-state index contributed by atoms with van der Waals surface area (Å²) in [7, 11) is 0. The first-order valence-corrected chi connectivity index (χ1v) is 6.02. The number of pyridine rings is 2. The molecular weight excluding hydrogens is 274 g/mol. The summed E-state index contributed by atoms with van der Waals surface area (Å²) in [6.45, 7) is 0. The number of fused-ring (bicyclic) bond motifs is 1. The van der Waals surface area contributed by atoms with E-state index in [0.29, 0.717) is 11.0 Å². The predicted octanol–water partition coefficient (Wildman–Crippen LogP) is 2.00. The number of hydrogen-bond donors (Lipinski definition) is 1. The van der Waals surface area contributed by atoms with Crippen molar-refractivity contribution >= 4 is 16.7 Å². The highest BCUT2D eigenvalue weighted by molar-refractivity contribution is 5.78. The van der Waals surface area contributed by atoms with Crippen LogP contribution in [0.4, 0.5) is 5.69 Å². The van der Waals surface area contributed by atoms with E-state index in [1.807, 2.05) is 0 Å². The zero-order valence-corrected chi connectivity index (χ0v) is 10.6. The molecule has 0 spiro atoms. The summed E-state index contributed by atoms with van der Waals surface area (Å²) in [6.07, 6.45) is 1.51. The highest BCUT2D eigenvalue weighted by Crippen LogP contribution is 2.21. The first kappa shape index (κ1) is 12.8. The molecule has 0 saturated heterocycles. The molecule has 0 radical (unpaired) electrons. The second-order valence-corrected chi connectivity index (χ2v) is 4.36. The van der Waals surface area contributed by atoms with E-state index in [4.69, 9.17) is 0 Å². The van der Waals surface area contributed by atoms with Crippen LogP contribution in [0.3, 0.4) is 0 Å². The van der Waals surface area contributed by atoms with Crippen LogP contribution < -0.4 is 5.56 Å². The summed E-state index contributed by atoms with van der Waals surface area (Å²) in [6, 6.07) is 10.3. The molecule has 0 amide bonds. The zero-order chi connectivity index (χ0) is 15.0. The van der Waals surface area contributed by atoms with Gasteiger partial charge in [-0.15, -0.1) is 0 Å².